The summed E-state index contributed by atoms with van der Waals surface area (Å²) in [7, 11) is 0. The zero-order valence-corrected chi connectivity index (χ0v) is 8.94. The normalized spacial score (nSPS) is 20.5. The Morgan fingerprint density at radius 3 is 3.20 bits per heavy atom. The summed E-state index contributed by atoms with van der Waals surface area (Å²) in [4.78, 5) is 20.7. The van der Waals surface area contributed by atoms with Gasteiger partial charge >= 0.3 is 6.09 Å². The standard InChI is InChI=1S/C9H10ClN3O2/c1-2-6-5-15-9(14)13(6)7-3-4-11-8(10)12-7/h3-4,6H,2,5H2,1H3/t6-/m0/s1. The SMILES string of the molecule is CC[C@H]1COC(=O)N1c1ccnc(Cl)n1. The summed E-state index contributed by atoms with van der Waals surface area (Å²) in [6.45, 7) is 2.39. The first-order valence-corrected chi connectivity index (χ1v) is 5.04. The summed E-state index contributed by atoms with van der Waals surface area (Å²) >= 11 is 5.66. The first-order chi connectivity index (χ1) is 7.22. The van der Waals surface area contributed by atoms with E-state index in [4.69, 9.17) is 16.3 Å². The van der Waals surface area contributed by atoms with E-state index in [0.717, 1.165) is 6.42 Å². The molecule has 2 rings (SSSR count). The van der Waals surface area contributed by atoms with Crippen molar-refractivity contribution >= 4 is 23.5 Å². The van der Waals surface area contributed by atoms with Gasteiger partial charge in [-0.1, -0.05) is 6.92 Å². The number of carbonyl (C=O) groups is 1. The molecule has 1 aliphatic rings. The highest BCUT2D eigenvalue weighted by molar-refractivity contribution is 6.28. The lowest BCUT2D eigenvalue weighted by Crippen LogP contribution is -2.33. The maximum atomic E-state index is 11.5. The molecule has 0 aliphatic carbocycles. The Bertz CT molecular complexity index is 385. The first kappa shape index (κ1) is 10.2. The summed E-state index contributed by atoms with van der Waals surface area (Å²) in [5.41, 5.74) is 0. The second-order valence-electron chi connectivity index (χ2n) is 3.19. The van der Waals surface area contributed by atoms with Gasteiger partial charge < -0.3 is 4.74 Å². The molecule has 1 amide bonds. The molecule has 80 valence electrons. The molecule has 0 spiro atoms. The number of hydrogen-bond acceptors (Lipinski definition) is 4. The van der Waals surface area contributed by atoms with Crippen LogP contribution in [0.15, 0.2) is 12.3 Å². The molecule has 15 heavy (non-hydrogen) atoms. The number of nitrogens with zero attached hydrogens (tertiary/aromatic N) is 3. The number of anilines is 1. The number of halogens is 1. The van der Waals surface area contributed by atoms with Gasteiger partial charge in [0.05, 0.1) is 6.04 Å². The molecule has 1 saturated heterocycles. The minimum absolute atomic E-state index is 0.0310. The van der Waals surface area contributed by atoms with E-state index in [0.29, 0.717) is 12.4 Å². The van der Waals surface area contributed by atoms with Crippen LogP contribution in [0.5, 0.6) is 0 Å². The summed E-state index contributed by atoms with van der Waals surface area (Å²) in [6.07, 6.45) is 1.95. The van der Waals surface area contributed by atoms with Crippen LogP contribution in [-0.2, 0) is 4.74 Å². The van der Waals surface area contributed by atoms with E-state index < -0.39 is 0 Å². The largest absolute Gasteiger partial charge is 0.447 e. The smallest absolute Gasteiger partial charge is 0.415 e. The monoisotopic (exact) mass is 227 g/mol. The van der Waals surface area contributed by atoms with E-state index in [1.54, 1.807) is 6.07 Å². The third-order valence-electron chi connectivity index (χ3n) is 2.29. The molecule has 0 radical (unpaired) electrons. The average Bonchev–Trinajstić information content (AvgIpc) is 2.59. The Hall–Kier alpha value is -1.36. The number of hydrogen-bond donors (Lipinski definition) is 0. The van der Waals surface area contributed by atoms with Crippen molar-refractivity contribution in [1.29, 1.82) is 0 Å². The van der Waals surface area contributed by atoms with E-state index in [9.17, 15) is 4.79 Å². The third kappa shape index (κ3) is 1.87. The number of rotatable bonds is 2. The molecule has 6 heteroatoms. The Labute approximate surface area is 92.0 Å². The van der Waals surface area contributed by atoms with Crippen LogP contribution in [0.4, 0.5) is 10.6 Å². The van der Waals surface area contributed by atoms with Gasteiger partial charge in [-0.2, -0.15) is 0 Å². The number of cyclic esters (lactones) is 1. The van der Waals surface area contributed by atoms with Crippen LogP contribution in [0.1, 0.15) is 13.3 Å². The van der Waals surface area contributed by atoms with Crippen molar-refractivity contribution in [3.63, 3.8) is 0 Å². The fourth-order valence-electron chi connectivity index (χ4n) is 1.50. The van der Waals surface area contributed by atoms with Crippen LogP contribution in [0.25, 0.3) is 0 Å². The second-order valence-corrected chi connectivity index (χ2v) is 3.53. The van der Waals surface area contributed by atoms with Crippen molar-refractivity contribution in [1.82, 2.24) is 9.97 Å². The fraction of sp³-hybridized carbons (Fsp3) is 0.444. The Kier molecular flexibility index (Phi) is 2.73. The van der Waals surface area contributed by atoms with Gasteiger partial charge in [-0.25, -0.2) is 14.8 Å². The molecule has 0 bridgehead atoms. The van der Waals surface area contributed by atoms with E-state index in [1.807, 2.05) is 6.92 Å². The van der Waals surface area contributed by atoms with E-state index >= 15 is 0 Å². The summed E-state index contributed by atoms with van der Waals surface area (Å²) < 4.78 is 4.95. The summed E-state index contributed by atoms with van der Waals surface area (Å²) in [5, 5.41) is 0.127. The van der Waals surface area contributed by atoms with Gasteiger partial charge in [0.15, 0.2) is 0 Å². The van der Waals surface area contributed by atoms with E-state index in [-0.39, 0.29) is 17.4 Å². The predicted molar refractivity (Wildman–Crippen MR) is 54.9 cm³/mol. The second kappa shape index (κ2) is 4.02. The van der Waals surface area contributed by atoms with Gasteiger partial charge in [0.1, 0.15) is 12.4 Å². The van der Waals surface area contributed by atoms with E-state index in [2.05, 4.69) is 9.97 Å². The van der Waals surface area contributed by atoms with Crippen LogP contribution in [0.3, 0.4) is 0 Å². The molecule has 0 aromatic carbocycles. The lowest BCUT2D eigenvalue weighted by molar-refractivity contribution is 0.178. The van der Waals surface area contributed by atoms with E-state index in [1.165, 1.54) is 11.1 Å². The Morgan fingerprint density at radius 1 is 1.73 bits per heavy atom. The average molecular weight is 228 g/mol. The number of carbonyl (C=O) groups excluding carboxylic acids is 1. The molecule has 1 aliphatic heterocycles. The zero-order chi connectivity index (χ0) is 10.8. The van der Waals surface area contributed by atoms with Crippen molar-refractivity contribution in [3.05, 3.63) is 17.5 Å². The van der Waals surface area contributed by atoms with Crippen LogP contribution >= 0.6 is 11.6 Å². The highest BCUT2D eigenvalue weighted by atomic mass is 35.5. The number of ether oxygens (including phenoxy) is 1. The molecule has 0 saturated carbocycles. The Balaban J connectivity index is 2.32. The molecule has 5 nitrogen and oxygen atoms in total. The van der Waals surface area contributed by atoms with Crippen LogP contribution < -0.4 is 4.90 Å². The fourth-order valence-corrected chi connectivity index (χ4v) is 1.64. The molecule has 1 aromatic heterocycles. The zero-order valence-electron chi connectivity index (χ0n) is 8.18. The quantitative estimate of drug-likeness (QED) is 0.724. The molecule has 1 aromatic rings. The van der Waals surface area contributed by atoms with Gasteiger partial charge in [0.2, 0.25) is 5.28 Å². The van der Waals surface area contributed by atoms with Crippen molar-refractivity contribution in [2.24, 2.45) is 0 Å². The number of amides is 1. The van der Waals surface area contributed by atoms with Crippen molar-refractivity contribution < 1.29 is 9.53 Å². The van der Waals surface area contributed by atoms with Crippen LogP contribution in [0.2, 0.25) is 5.28 Å². The van der Waals surface area contributed by atoms with Gasteiger partial charge in [0, 0.05) is 6.20 Å². The molecule has 1 fully saturated rings. The lowest BCUT2D eigenvalue weighted by Gasteiger charge is -2.18. The molecule has 0 unspecified atom stereocenters. The van der Waals surface area contributed by atoms with Crippen molar-refractivity contribution in [2.75, 3.05) is 11.5 Å². The highest BCUT2D eigenvalue weighted by Gasteiger charge is 2.33. The van der Waals surface area contributed by atoms with Crippen LogP contribution in [0, 0.1) is 0 Å². The molecule has 0 N–H and O–H groups in total. The predicted octanol–water partition coefficient (Wildman–Crippen LogP) is 1.87. The summed E-state index contributed by atoms with van der Waals surface area (Å²) in [6, 6.07) is 1.67. The number of aromatic nitrogens is 2. The molecule has 2 heterocycles. The van der Waals surface area contributed by atoms with Gasteiger partial charge in [-0.3, -0.25) is 4.90 Å². The lowest BCUT2D eigenvalue weighted by atomic mass is 10.2. The first-order valence-electron chi connectivity index (χ1n) is 4.67. The summed E-state index contributed by atoms with van der Waals surface area (Å²) in [5.74, 6) is 0.490. The molecular weight excluding hydrogens is 218 g/mol. The Morgan fingerprint density at radius 2 is 2.53 bits per heavy atom. The maximum Gasteiger partial charge on any atom is 0.415 e. The minimum atomic E-state index is -0.378. The minimum Gasteiger partial charge on any atom is -0.447 e. The van der Waals surface area contributed by atoms with Crippen LogP contribution in [-0.4, -0.2) is 28.7 Å². The highest BCUT2D eigenvalue weighted by Crippen LogP contribution is 2.22. The van der Waals surface area contributed by atoms with Crippen molar-refractivity contribution in [3.8, 4) is 0 Å². The molecule has 1 atom stereocenters. The van der Waals surface area contributed by atoms with Gasteiger partial charge in [-0.05, 0) is 24.1 Å². The topological polar surface area (TPSA) is 55.3 Å². The van der Waals surface area contributed by atoms with Gasteiger partial charge in [-0.15, -0.1) is 0 Å². The maximum absolute atomic E-state index is 11.5. The third-order valence-corrected chi connectivity index (χ3v) is 2.47. The van der Waals surface area contributed by atoms with Gasteiger partial charge in [0.25, 0.3) is 0 Å². The van der Waals surface area contributed by atoms with Crippen molar-refractivity contribution in [2.45, 2.75) is 19.4 Å². The molecular formula is C9H10ClN3O2.